The number of carbonyl (C=O) groups excluding carboxylic acids is 1. The fourth-order valence-electron chi connectivity index (χ4n) is 3.07. The normalized spacial score (nSPS) is 28.1. The molecule has 1 fully saturated rings. The molecule has 1 aliphatic carbocycles. The summed E-state index contributed by atoms with van der Waals surface area (Å²) in [5, 5.41) is 19.7. The summed E-state index contributed by atoms with van der Waals surface area (Å²) in [7, 11) is 1.63. The van der Waals surface area contributed by atoms with E-state index in [1.165, 1.54) is 4.90 Å². The van der Waals surface area contributed by atoms with Gasteiger partial charge in [0, 0.05) is 39.6 Å². The SMILES string of the molecule is CN(CC1(O)CCOCC1)C(=O)[C@@H]1CC=CC[C@@H]1C(=O)O. The molecule has 1 aliphatic heterocycles. The molecule has 0 aromatic rings. The molecule has 1 saturated heterocycles. The third-order valence-corrected chi connectivity index (χ3v) is 4.40. The van der Waals surface area contributed by atoms with Gasteiger partial charge in [-0.25, -0.2) is 0 Å². The van der Waals surface area contributed by atoms with Crippen LogP contribution >= 0.6 is 0 Å². The Morgan fingerprint density at radius 3 is 2.38 bits per heavy atom. The van der Waals surface area contributed by atoms with Gasteiger partial charge in [-0.1, -0.05) is 12.2 Å². The molecule has 1 heterocycles. The number of carboxylic acids is 1. The molecule has 2 aliphatic rings. The maximum absolute atomic E-state index is 12.5. The van der Waals surface area contributed by atoms with E-state index in [9.17, 15) is 19.8 Å². The van der Waals surface area contributed by atoms with Gasteiger partial charge in [0.2, 0.25) is 5.91 Å². The number of hydrogen-bond acceptors (Lipinski definition) is 4. The number of carboxylic acid groups (broad SMARTS) is 1. The highest BCUT2D eigenvalue weighted by Crippen LogP contribution is 2.29. The van der Waals surface area contributed by atoms with Crippen LogP contribution in [0.25, 0.3) is 0 Å². The molecule has 6 nitrogen and oxygen atoms in total. The average Bonchev–Trinajstić information content (AvgIpc) is 2.46. The summed E-state index contributed by atoms with van der Waals surface area (Å²) in [6.45, 7) is 1.20. The molecule has 118 valence electrons. The second-order valence-electron chi connectivity index (χ2n) is 6.03. The molecule has 1 amide bonds. The van der Waals surface area contributed by atoms with Crippen LogP contribution in [0, 0.1) is 11.8 Å². The average molecular weight is 297 g/mol. The Hall–Kier alpha value is -1.40. The van der Waals surface area contributed by atoms with Gasteiger partial charge in [-0.3, -0.25) is 9.59 Å². The second kappa shape index (κ2) is 6.58. The number of aliphatic hydroxyl groups is 1. The van der Waals surface area contributed by atoms with Crippen LogP contribution in [0.1, 0.15) is 25.7 Å². The summed E-state index contributed by atoms with van der Waals surface area (Å²) in [6.07, 6.45) is 5.50. The summed E-state index contributed by atoms with van der Waals surface area (Å²) >= 11 is 0. The van der Waals surface area contributed by atoms with Crippen LogP contribution in [0.15, 0.2) is 12.2 Å². The van der Waals surface area contributed by atoms with Gasteiger partial charge in [-0.2, -0.15) is 0 Å². The number of carbonyl (C=O) groups is 2. The van der Waals surface area contributed by atoms with Gasteiger partial charge in [0.25, 0.3) is 0 Å². The molecule has 0 saturated carbocycles. The van der Waals surface area contributed by atoms with E-state index in [0.29, 0.717) is 38.9 Å². The van der Waals surface area contributed by atoms with Crippen molar-refractivity contribution in [1.29, 1.82) is 0 Å². The van der Waals surface area contributed by atoms with Crippen molar-refractivity contribution >= 4 is 11.9 Å². The fraction of sp³-hybridized carbons (Fsp3) is 0.733. The van der Waals surface area contributed by atoms with E-state index in [1.54, 1.807) is 7.05 Å². The number of allylic oxidation sites excluding steroid dienone is 2. The van der Waals surface area contributed by atoms with Crippen molar-refractivity contribution < 1.29 is 24.5 Å². The van der Waals surface area contributed by atoms with Crippen molar-refractivity contribution in [2.45, 2.75) is 31.3 Å². The van der Waals surface area contributed by atoms with E-state index < -0.39 is 23.4 Å². The van der Waals surface area contributed by atoms with Crippen LogP contribution in [-0.2, 0) is 14.3 Å². The third-order valence-electron chi connectivity index (χ3n) is 4.40. The van der Waals surface area contributed by atoms with Gasteiger partial charge >= 0.3 is 5.97 Å². The van der Waals surface area contributed by atoms with Gasteiger partial charge in [0.05, 0.1) is 17.4 Å². The lowest BCUT2D eigenvalue weighted by Crippen LogP contribution is -2.50. The van der Waals surface area contributed by atoms with Gasteiger partial charge < -0.3 is 19.8 Å². The van der Waals surface area contributed by atoms with E-state index in [1.807, 2.05) is 12.2 Å². The lowest BCUT2D eigenvalue weighted by molar-refractivity contribution is -0.152. The molecule has 0 spiro atoms. The first-order valence-electron chi connectivity index (χ1n) is 7.36. The van der Waals surface area contributed by atoms with Crippen LogP contribution in [0.2, 0.25) is 0 Å². The molecule has 21 heavy (non-hydrogen) atoms. The molecular formula is C15H23NO5. The van der Waals surface area contributed by atoms with Crippen LogP contribution < -0.4 is 0 Å². The highest BCUT2D eigenvalue weighted by atomic mass is 16.5. The first kappa shape index (κ1) is 16.0. The monoisotopic (exact) mass is 297 g/mol. The molecule has 0 bridgehead atoms. The largest absolute Gasteiger partial charge is 0.481 e. The molecule has 0 radical (unpaired) electrons. The first-order chi connectivity index (χ1) is 9.93. The van der Waals surface area contributed by atoms with Crippen LogP contribution in [0.3, 0.4) is 0 Å². The fourth-order valence-corrected chi connectivity index (χ4v) is 3.07. The molecule has 2 atom stereocenters. The Balaban J connectivity index is 2.00. The lowest BCUT2D eigenvalue weighted by atomic mass is 9.82. The Bertz CT molecular complexity index is 428. The molecule has 6 heteroatoms. The van der Waals surface area contributed by atoms with Gasteiger partial charge in [0.15, 0.2) is 0 Å². The van der Waals surface area contributed by atoms with Crippen molar-refractivity contribution in [1.82, 2.24) is 4.90 Å². The van der Waals surface area contributed by atoms with E-state index in [0.717, 1.165) is 0 Å². The standard InChI is InChI=1S/C15H23NO5/c1-16(10-15(20)6-8-21-9-7-15)13(17)11-4-2-3-5-12(11)14(18)19/h2-3,11-12,20H,4-10H2,1H3,(H,18,19)/t11-,12+/m1/s1. The Labute approximate surface area is 124 Å². The van der Waals surface area contributed by atoms with Crippen LogP contribution in [0.4, 0.5) is 0 Å². The predicted octanol–water partition coefficient (Wildman–Crippen LogP) is 0.653. The quantitative estimate of drug-likeness (QED) is 0.744. The molecule has 2 rings (SSSR count). The van der Waals surface area contributed by atoms with E-state index >= 15 is 0 Å². The van der Waals surface area contributed by atoms with Crippen LogP contribution in [0.5, 0.6) is 0 Å². The minimum atomic E-state index is -0.934. The Morgan fingerprint density at radius 2 is 1.81 bits per heavy atom. The molecular weight excluding hydrogens is 274 g/mol. The van der Waals surface area contributed by atoms with Gasteiger partial charge in [-0.05, 0) is 12.8 Å². The van der Waals surface area contributed by atoms with Crippen molar-refractivity contribution in [3.63, 3.8) is 0 Å². The zero-order chi connectivity index (χ0) is 15.5. The summed E-state index contributed by atoms with van der Waals surface area (Å²) < 4.78 is 5.22. The minimum Gasteiger partial charge on any atom is -0.481 e. The summed E-state index contributed by atoms with van der Waals surface area (Å²) in [6, 6.07) is 0. The number of hydrogen-bond donors (Lipinski definition) is 2. The maximum Gasteiger partial charge on any atom is 0.307 e. The van der Waals surface area contributed by atoms with Crippen molar-refractivity contribution in [3.05, 3.63) is 12.2 Å². The topological polar surface area (TPSA) is 87.1 Å². The maximum atomic E-state index is 12.5. The number of aliphatic carboxylic acids is 1. The number of ether oxygens (including phenoxy) is 1. The van der Waals surface area contributed by atoms with Crippen LogP contribution in [-0.4, -0.2) is 59.4 Å². The summed E-state index contributed by atoms with van der Waals surface area (Å²) in [4.78, 5) is 25.3. The van der Waals surface area contributed by atoms with Gasteiger partial charge in [-0.15, -0.1) is 0 Å². The lowest BCUT2D eigenvalue weighted by Gasteiger charge is -2.37. The molecule has 0 aromatic heterocycles. The number of amides is 1. The van der Waals surface area contributed by atoms with E-state index in [4.69, 9.17) is 4.74 Å². The highest BCUT2D eigenvalue weighted by Gasteiger charge is 2.38. The molecule has 0 aromatic carbocycles. The predicted molar refractivity (Wildman–Crippen MR) is 75.6 cm³/mol. The number of rotatable bonds is 4. The zero-order valence-electron chi connectivity index (χ0n) is 12.3. The highest BCUT2D eigenvalue weighted by molar-refractivity contribution is 5.85. The van der Waals surface area contributed by atoms with Gasteiger partial charge in [0.1, 0.15) is 0 Å². The number of nitrogens with zero attached hydrogens (tertiary/aromatic N) is 1. The molecule has 0 unspecified atom stereocenters. The molecule has 2 N–H and O–H groups in total. The van der Waals surface area contributed by atoms with E-state index in [-0.39, 0.29) is 12.5 Å². The second-order valence-corrected chi connectivity index (χ2v) is 6.03. The van der Waals surface area contributed by atoms with Crippen molar-refractivity contribution in [3.8, 4) is 0 Å². The first-order valence-corrected chi connectivity index (χ1v) is 7.36. The Morgan fingerprint density at radius 1 is 1.24 bits per heavy atom. The summed E-state index contributed by atoms with van der Waals surface area (Å²) in [5.74, 6) is -2.35. The smallest absolute Gasteiger partial charge is 0.307 e. The minimum absolute atomic E-state index is 0.202. The van der Waals surface area contributed by atoms with Crippen molar-refractivity contribution in [2.75, 3.05) is 26.8 Å². The Kier molecular flexibility index (Phi) is 5.00. The third kappa shape index (κ3) is 3.83. The van der Waals surface area contributed by atoms with Crippen molar-refractivity contribution in [2.24, 2.45) is 11.8 Å². The van der Waals surface area contributed by atoms with E-state index in [2.05, 4.69) is 0 Å². The zero-order valence-corrected chi connectivity index (χ0v) is 12.3. The summed E-state index contributed by atoms with van der Waals surface area (Å²) in [5.41, 5.74) is -0.925. The number of likely N-dealkylation sites (N-methyl/N-ethyl adjacent to an activating group) is 1.